The molecular weight excluding hydrogens is 268 g/mol. The van der Waals surface area contributed by atoms with E-state index in [1.807, 2.05) is 13.0 Å². The van der Waals surface area contributed by atoms with Crippen LogP contribution in [0.3, 0.4) is 0 Å². The molecule has 0 radical (unpaired) electrons. The van der Waals surface area contributed by atoms with Crippen molar-refractivity contribution in [3.63, 3.8) is 0 Å². The van der Waals surface area contributed by atoms with Crippen LogP contribution in [0.4, 0.5) is 11.4 Å². The van der Waals surface area contributed by atoms with Gasteiger partial charge in [-0.1, -0.05) is 24.3 Å². The van der Waals surface area contributed by atoms with Crippen LogP contribution < -0.4 is 11.1 Å². The molecular formula is C16H16N2O3. The van der Waals surface area contributed by atoms with Gasteiger partial charge in [-0.15, -0.1) is 0 Å². The molecule has 0 aromatic heterocycles. The average molecular weight is 284 g/mol. The Hall–Kier alpha value is -2.82. The smallest absolute Gasteiger partial charge is 0.338 e. The normalized spacial score (nSPS) is 9.95. The summed E-state index contributed by atoms with van der Waals surface area (Å²) in [5.41, 5.74) is 8.10. The Bertz CT molecular complexity index is 654. The van der Waals surface area contributed by atoms with E-state index in [4.69, 9.17) is 10.5 Å². The number of amides is 1. The van der Waals surface area contributed by atoms with Gasteiger partial charge in [0.15, 0.2) is 6.61 Å². The first-order chi connectivity index (χ1) is 10.1. The van der Waals surface area contributed by atoms with Gasteiger partial charge in [-0.25, -0.2) is 4.79 Å². The molecule has 0 aliphatic carbocycles. The van der Waals surface area contributed by atoms with Crippen LogP contribution in [0.2, 0.25) is 0 Å². The van der Waals surface area contributed by atoms with Crippen molar-refractivity contribution in [1.29, 1.82) is 0 Å². The summed E-state index contributed by atoms with van der Waals surface area (Å²) in [4.78, 5) is 23.5. The molecule has 0 saturated heterocycles. The van der Waals surface area contributed by atoms with Crippen LogP contribution in [-0.2, 0) is 9.53 Å². The fourth-order valence-corrected chi connectivity index (χ4v) is 1.70. The summed E-state index contributed by atoms with van der Waals surface area (Å²) in [7, 11) is 0. The Balaban J connectivity index is 1.89. The SMILES string of the molecule is Cc1ccc(C(=O)OCC(=O)Nc2ccccc2)cc1N. The number of benzene rings is 2. The Morgan fingerprint density at radius 2 is 1.86 bits per heavy atom. The number of nitrogen functional groups attached to an aromatic ring is 1. The molecule has 0 spiro atoms. The Morgan fingerprint density at radius 1 is 1.14 bits per heavy atom. The molecule has 0 aliphatic rings. The van der Waals surface area contributed by atoms with Crippen LogP contribution in [0, 0.1) is 6.92 Å². The summed E-state index contributed by atoms with van der Waals surface area (Å²) in [5.74, 6) is -0.973. The van der Waals surface area contributed by atoms with E-state index in [-0.39, 0.29) is 6.61 Å². The lowest BCUT2D eigenvalue weighted by atomic mass is 10.1. The van der Waals surface area contributed by atoms with E-state index in [1.165, 1.54) is 6.07 Å². The number of esters is 1. The number of hydrogen-bond donors (Lipinski definition) is 2. The van der Waals surface area contributed by atoms with Crippen LogP contribution in [0.15, 0.2) is 48.5 Å². The summed E-state index contributed by atoms with van der Waals surface area (Å²) >= 11 is 0. The predicted molar refractivity (Wildman–Crippen MR) is 80.9 cm³/mol. The van der Waals surface area contributed by atoms with Gasteiger partial charge in [0.2, 0.25) is 0 Å². The van der Waals surface area contributed by atoms with Crippen molar-refractivity contribution in [1.82, 2.24) is 0 Å². The zero-order valence-corrected chi connectivity index (χ0v) is 11.6. The van der Waals surface area contributed by atoms with Gasteiger partial charge in [-0.3, -0.25) is 4.79 Å². The highest BCUT2D eigenvalue weighted by Gasteiger charge is 2.11. The van der Waals surface area contributed by atoms with Gasteiger partial charge < -0.3 is 15.8 Å². The van der Waals surface area contributed by atoms with Crippen molar-refractivity contribution >= 4 is 23.3 Å². The van der Waals surface area contributed by atoms with E-state index in [0.29, 0.717) is 16.9 Å². The van der Waals surface area contributed by atoms with Crippen LogP contribution in [0.1, 0.15) is 15.9 Å². The van der Waals surface area contributed by atoms with Gasteiger partial charge in [0, 0.05) is 11.4 Å². The Morgan fingerprint density at radius 3 is 2.52 bits per heavy atom. The second-order valence-corrected chi connectivity index (χ2v) is 4.56. The third-order valence-electron chi connectivity index (χ3n) is 2.91. The monoisotopic (exact) mass is 284 g/mol. The minimum atomic E-state index is -0.579. The number of nitrogens with two attached hydrogens (primary N) is 1. The molecule has 108 valence electrons. The third-order valence-corrected chi connectivity index (χ3v) is 2.91. The fourth-order valence-electron chi connectivity index (χ4n) is 1.70. The second kappa shape index (κ2) is 6.56. The summed E-state index contributed by atoms with van der Waals surface area (Å²) in [6, 6.07) is 13.8. The van der Waals surface area contributed by atoms with Crippen LogP contribution in [-0.4, -0.2) is 18.5 Å². The number of aryl methyl sites for hydroxylation is 1. The first kappa shape index (κ1) is 14.6. The number of anilines is 2. The van der Waals surface area contributed by atoms with Crippen LogP contribution in [0.25, 0.3) is 0 Å². The number of ether oxygens (including phenoxy) is 1. The summed E-state index contributed by atoms with van der Waals surface area (Å²) < 4.78 is 4.95. The molecule has 0 fully saturated rings. The van der Waals surface area contributed by atoms with Crippen molar-refractivity contribution in [3.8, 4) is 0 Å². The molecule has 3 N–H and O–H groups in total. The number of carbonyl (C=O) groups is 2. The van der Waals surface area contributed by atoms with E-state index < -0.39 is 11.9 Å². The molecule has 0 heterocycles. The number of rotatable bonds is 4. The third kappa shape index (κ3) is 4.07. The molecule has 5 heteroatoms. The van der Waals surface area contributed by atoms with Gasteiger partial charge in [0.25, 0.3) is 5.91 Å². The van der Waals surface area contributed by atoms with Crippen molar-refractivity contribution in [3.05, 3.63) is 59.7 Å². The van der Waals surface area contributed by atoms with Crippen LogP contribution in [0.5, 0.6) is 0 Å². The van der Waals surface area contributed by atoms with Crippen LogP contribution >= 0.6 is 0 Å². The molecule has 0 unspecified atom stereocenters. The molecule has 2 rings (SSSR count). The lowest BCUT2D eigenvalue weighted by molar-refractivity contribution is -0.119. The van der Waals surface area contributed by atoms with E-state index in [0.717, 1.165) is 5.56 Å². The fraction of sp³-hybridized carbons (Fsp3) is 0.125. The van der Waals surface area contributed by atoms with Gasteiger partial charge in [0.05, 0.1) is 5.56 Å². The van der Waals surface area contributed by atoms with Gasteiger partial charge in [0.1, 0.15) is 0 Å². The molecule has 0 saturated carbocycles. The zero-order chi connectivity index (χ0) is 15.2. The number of nitrogens with one attached hydrogen (secondary N) is 1. The maximum atomic E-state index is 11.8. The van der Waals surface area contributed by atoms with Gasteiger partial charge >= 0.3 is 5.97 Å². The first-order valence-electron chi connectivity index (χ1n) is 6.44. The standard InChI is InChI=1S/C16H16N2O3/c1-11-7-8-12(9-14(11)17)16(20)21-10-15(19)18-13-5-3-2-4-6-13/h2-9H,10,17H2,1H3,(H,18,19). The summed E-state index contributed by atoms with van der Waals surface area (Å²) in [6.07, 6.45) is 0. The molecule has 1 amide bonds. The average Bonchev–Trinajstić information content (AvgIpc) is 2.48. The molecule has 5 nitrogen and oxygen atoms in total. The summed E-state index contributed by atoms with van der Waals surface area (Å²) in [6.45, 7) is 1.50. The molecule has 21 heavy (non-hydrogen) atoms. The van der Waals surface area contributed by atoms with E-state index in [9.17, 15) is 9.59 Å². The highest BCUT2D eigenvalue weighted by atomic mass is 16.5. The number of carbonyl (C=O) groups excluding carboxylic acids is 2. The van der Waals surface area contributed by atoms with Crippen molar-refractivity contribution in [2.45, 2.75) is 6.92 Å². The lowest BCUT2D eigenvalue weighted by Crippen LogP contribution is -2.20. The number of para-hydroxylation sites is 1. The minimum Gasteiger partial charge on any atom is -0.452 e. The molecule has 0 bridgehead atoms. The quantitative estimate of drug-likeness (QED) is 0.667. The van der Waals surface area contributed by atoms with E-state index >= 15 is 0 Å². The number of hydrogen-bond acceptors (Lipinski definition) is 4. The molecule has 0 atom stereocenters. The zero-order valence-electron chi connectivity index (χ0n) is 11.6. The van der Waals surface area contributed by atoms with Crippen molar-refractivity contribution < 1.29 is 14.3 Å². The molecule has 2 aromatic rings. The molecule has 0 aliphatic heterocycles. The van der Waals surface area contributed by atoms with Gasteiger partial charge in [-0.2, -0.15) is 0 Å². The maximum absolute atomic E-state index is 11.8. The maximum Gasteiger partial charge on any atom is 0.338 e. The topological polar surface area (TPSA) is 81.4 Å². The lowest BCUT2D eigenvalue weighted by Gasteiger charge is -2.07. The second-order valence-electron chi connectivity index (χ2n) is 4.56. The molecule has 2 aromatic carbocycles. The highest BCUT2D eigenvalue weighted by Crippen LogP contribution is 2.13. The minimum absolute atomic E-state index is 0.325. The Kier molecular flexibility index (Phi) is 4.56. The largest absolute Gasteiger partial charge is 0.452 e. The summed E-state index contributed by atoms with van der Waals surface area (Å²) in [5, 5.41) is 2.63. The van der Waals surface area contributed by atoms with Crippen molar-refractivity contribution in [2.75, 3.05) is 17.7 Å². The highest BCUT2D eigenvalue weighted by molar-refractivity contribution is 5.95. The predicted octanol–water partition coefficient (Wildman–Crippen LogP) is 2.37. The first-order valence-corrected chi connectivity index (χ1v) is 6.44. The van der Waals surface area contributed by atoms with E-state index in [1.54, 1.807) is 36.4 Å². The van der Waals surface area contributed by atoms with Crippen molar-refractivity contribution in [2.24, 2.45) is 0 Å². The van der Waals surface area contributed by atoms with Gasteiger partial charge in [-0.05, 0) is 36.8 Å². The van der Waals surface area contributed by atoms with E-state index in [2.05, 4.69) is 5.32 Å². The Labute approximate surface area is 122 Å².